The van der Waals surface area contributed by atoms with Crippen molar-refractivity contribution in [3.8, 4) is 10.6 Å². The molecule has 0 spiro atoms. The molecule has 1 aliphatic carbocycles. The van der Waals surface area contributed by atoms with Crippen molar-refractivity contribution >= 4 is 11.3 Å². The van der Waals surface area contributed by atoms with Gasteiger partial charge in [0.15, 0.2) is 0 Å². The Morgan fingerprint density at radius 1 is 1.39 bits per heavy atom. The van der Waals surface area contributed by atoms with E-state index >= 15 is 0 Å². The van der Waals surface area contributed by atoms with Gasteiger partial charge in [-0.25, -0.2) is 0 Å². The van der Waals surface area contributed by atoms with Crippen molar-refractivity contribution in [1.29, 1.82) is 0 Å². The number of nitrogens with zero attached hydrogens (tertiary/aromatic N) is 1. The van der Waals surface area contributed by atoms with Crippen LogP contribution in [-0.2, 0) is 6.54 Å². The SMILES string of the molecule is c1csc(-c2[nH]ncc2CNCC2CCCC2)c1. The van der Waals surface area contributed by atoms with Gasteiger partial charge in [0.05, 0.1) is 16.8 Å². The molecule has 2 heterocycles. The monoisotopic (exact) mass is 261 g/mol. The molecular formula is C14H19N3S. The van der Waals surface area contributed by atoms with E-state index in [9.17, 15) is 0 Å². The van der Waals surface area contributed by atoms with Crippen LogP contribution in [0.15, 0.2) is 23.7 Å². The Balaban J connectivity index is 1.58. The summed E-state index contributed by atoms with van der Waals surface area (Å²) in [6.07, 6.45) is 7.57. The molecule has 0 aliphatic heterocycles. The first-order valence-electron chi connectivity index (χ1n) is 6.70. The van der Waals surface area contributed by atoms with E-state index in [1.165, 1.54) is 41.8 Å². The molecule has 18 heavy (non-hydrogen) atoms. The topological polar surface area (TPSA) is 40.7 Å². The van der Waals surface area contributed by atoms with Gasteiger partial charge >= 0.3 is 0 Å². The van der Waals surface area contributed by atoms with Crippen LogP contribution < -0.4 is 5.32 Å². The smallest absolute Gasteiger partial charge is 0.0794 e. The van der Waals surface area contributed by atoms with Crippen molar-refractivity contribution < 1.29 is 0 Å². The van der Waals surface area contributed by atoms with Crippen LogP contribution in [0, 0.1) is 5.92 Å². The first-order chi connectivity index (χ1) is 8.93. The second-order valence-corrected chi connectivity index (χ2v) is 5.98. The summed E-state index contributed by atoms with van der Waals surface area (Å²) in [5, 5.41) is 13.0. The van der Waals surface area contributed by atoms with Crippen LogP contribution >= 0.6 is 11.3 Å². The van der Waals surface area contributed by atoms with Crippen LogP contribution in [0.5, 0.6) is 0 Å². The van der Waals surface area contributed by atoms with E-state index in [0.717, 1.165) is 19.0 Å². The number of rotatable bonds is 5. The second kappa shape index (κ2) is 5.67. The Morgan fingerprint density at radius 3 is 3.06 bits per heavy atom. The number of thiophene rings is 1. The van der Waals surface area contributed by atoms with Crippen LogP contribution in [0.2, 0.25) is 0 Å². The number of aromatic nitrogens is 2. The molecule has 0 saturated heterocycles. The van der Waals surface area contributed by atoms with Crippen LogP contribution in [-0.4, -0.2) is 16.7 Å². The molecule has 4 heteroatoms. The van der Waals surface area contributed by atoms with Crippen LogP contribution in [0.3, 0.4) is 0 Å². The molecule has 0 amide bonds. The molecule has 0 bridgehead atoms. The number of aromatic amines is 1. The third kappa shape index (κ3) is 2.65. The standard InChI is InChI=1S/C14H19N3S/c1-2-5-11(4-1)8-15-9-12-10-16-17-14(12)13-6-3-7-18-13/h3,6-7,10-11,15H,1-2,4-5,8-9H2,(H,16,17). The normalized spacial score (nSPS) is 16.4. The third-order valence-corrected chi connectivity index (χ3v) is 4.60. The van der Waals surface area contributed by atoms with Crippen molar-refractivity contribution in [2.24, 2.45) is 5.92 Å². The van der Waals surface area contributed by atoms with Gasteiger partial charge in [-0.1, -0.05) is 18.9 Å². The zero-order valence-corrected chi connectivity index (χ0v) is 11.3. The third-order valence-electron chi connectivity index (χ3n) is 3.71. The summed E-state index contributed by atoms with van der Waals surface area (Å²) in [4.78, 5) is 1.27. The summed E-state index contributed by atoms with van der Waals surface area (Å²) in [6, 6.07) is 4.22. The molecule has 1 aliphatic rings. The summed E-state index contributed by atoms with van der Waals surface area (Å²) < 4.78 is 0. The van der Waals surface area contributed by atoms with E-state index in [1.807, 2.05) is 6.20 Å². The highest BCUT2D eigenvalue weighted by Crippen LogP contribution is 2.26. The lowest BCUT2D eigenvalue weighted by molar-refractivity contribution is 0.489. The molecule has 0 unspecified atom stereocenters. The van der Waals surface area contributed by atoms with Gasteiger partial charge in [0.1, 0.15) is 0 Å². The Labute approximate surface area is 112 Å². The first kappa shape index (κ1) is 11.9. The Kier molecular flexibility index (Phi) is 3.76. The fourth-order valence-electron chi connectivity index (χ4n) is 2.70. The second-order valence-electron chi connectivity index (χ2n) is 5.03. The maximum atomic E-state index is 4.17. The van der Waals surface area contributed by atoms with Crippen LogP contribution in [0.4, 0.5) is 0 Å². The van der Waals surface area contributed by atoms with Crippen LogP contribution in [0.1, 0.15) is 31.2 Å². The predicted octanol–water partition coefficient (Wildman–Crippen LogP) is 3.42. The van der Waals surface area contributed by atoms with Gasteiger partial charge < -0.3 is 5.32 Å². The lowest BCUT2D eigenvalue weighted by Gasteiger charge is -2.10. The van der Waals surface area contributed by atoms with E-state index in [2.05, 4.69) is 33.0 Å². The van der Waals surface area contributed by atoms with Gasteiger partial charge in [-0.2, -0.15) is 5.10 Å². The minimum Gasteiger partial charge on any atom is -0.312 e. The Hall–Kier alpha value is -1.13. The fraction of sp³-hybridized carbons (Fsp3) is 0.500. The molecule has 0 radical (unpaired) electrons. The highest BCUT2D eigenvalue weighted by atomic mass is 32.1. The average molecular weight is 261 g/mol. The van der Waals surface area contributed by atoms with Gasteiger partial charge in [-0.15, -0.1) is 11.3 Å². The minimum absolute atomic E-state index is 0.891. The van der Waals surface area contributed by atoms with E-state index < -0.39 is 0 Å². The zero-order valence-electron chi connectivity index (χ0n) is 10.5. The minimum atomic E-state index is 0.891. The molecule has 2 aromatic heterocycles. The van der Waals surface area contributed by atoms with Crippen molar-refractivity contribution in [1.82, 2.24) is 15.5 Å². The summed E-state index contributed by atoms with van der Waals surface area (Å²) >= 11 is 1.75. The van der Waals surface area contributed by atoms with Crippen molar-refractivity contribution in [2.45, 2.75) is 32.2 Å². The number of hydrogen-bond donors (Lipinski definition) is 2. The van der Waals surface area contributed by atoms with Crippen molar-refractivity contribution in [3.63, 3.8) is 0 Å². The predicted molar refractivity (Wildman–Crippen MR) is 75.6 cm³/mol. The Morgan fingerprint density at radius 2 is 2.28 bits per heavy atom. The highest BCUT2D eigenvalue weighted by Gasteiger charge is 2.15. The van der Waals surface area contributed by atoms with Gasteiger partial charge in [0.2, 0.25) is 0 Å². The molecule has 1 fully saturated rings. The zero-order chi connectivity index (χ0) is 12.2. The molecule has 3 rings (SSSR count). The number of hydrogen-bond acceptors (Lipinski definition) is 3. The van der Waals surface area contributed by atoms with Crippen molar-refractivity contribution in [2.75, 3.05) is 6.54 Å². The molecule has 1 saturated carbocycles. The lowest BCUT2D eigenvalue weighted by Crippen LogP contribution is -2.20. The summed E-state index contributed by atoms with van der Waals surface area (Å²) in [6.45, 7) is 2.06. The molecule has 3 nitrogen and oxygen atoms in total. The van der Waals surface area contributed by atoms with E-state index in [4.69, 9.17) is 0 Å². The summed E-state index contributed by atoms with van der Waals surface area (Å²) in [5.74, 6) is 0.891. The summed E-state index contributed by atoms with van der Waals surface area (Å²) in [5.41, 5.74) is 2.44. The fourth-order valence-corrected chi connectivity index (χ4v) is 3.46. The van der Waals surface area contributed by atoms with Crippen molar-refractivity contribution in [3.05, 3.63) is 29.3 Å². The molecule has 2 aromatic rings. The highest BCUT2D eigenvalue weighted by molar-refractivity contribution is 7.13. The molecule has 0 atom stereocenters. The average Bonchev–Trinajstić information content (AvgIpc) is 3.12. The quantitative estimate of drug-likeness (QED) is 0.866. The molecule has 2 N–H and O–H groups in total. The maximum absolute atomic E-state index is 4.17. The summed E-state index contributed by atoms with van der Waals surface area (Å²) in [7, 11) is 0. The van der Waals surface area contributed by atoms with Gasteiger partial charge in [0.25, 0.3) is 0 Å². The van der Waals surface area contributed by atoms with Gasteiger partial charge in [0, 0.05) is 12.1 Å². The van der Waals surface area contributed by atoms with Gasteiger partial charge in [-0.3, -0.25) is 5.10 Å². The molecular weight excluding hydrogens is 242 g/mol. The van der Waals surface area contributed by atoms with E-state index in [1.54, 1.807) is 11.3 Å². The maximum Gasteiger partial charge on any atom is 0.0794 e. The van der Waals surface area contributed by atoms with E-state index in [-0.39, 0.29) is 0 Å². The number of nitrogens with one attached hydrogen (secondary N) is 2. The van der Waals surface area contributed by atoms with E-state index in [0.29, 0.717) is 0 Å². The molecule has 96 valence electrons. The number of H-pyrrole nitrogens is 1. The van der Waals surface area contributed by atoms with Gasteiger partial charge in [-0.05, 0) is 36.8 Å². The first-order valence-corrected chi connectivity index (χ1v) is 7.58. The molecule has 0 aromatic carbocycles. The van der Waals surface area contributed by atoms with Crippen LogP contribution in [0.25, 0.3) is 10.6 Å². The Bertz CT molecular complexity index is 469. The largest absolute Gasteiger partial charge is 0.312 e. The lowest BCUT2D eigenvalue weighted by atomic mass is 10.1.